The van der Waals surface area contributed by atoms with Gasteiger partial charge in [0.1, 0.15) is 5.70 Å². The molecule has 0 fully saturated rings. The fourth-order valence-electron chi connectivity index (χ4n) is 4.60. The third-order valence-corrected chi connectivity index (χ3v) is 7.51. The van der Waals surface area contributed by atoms with E-state index < -0.39 is 0 Å². The minimum atomic E-state index is -0.310. The SMILES string of the molecule is COc1cc(C=C2N=C(c3ccccc3)N(c3nc4cc(Sc5ccccc5)ccc4[nH]3)C2=O)cc(OC)c1OC. The number of anilines is 1. The number of aliphatic imine (C=N–C) groups is 1. The smallest absolute Gasteiger partial charge is 0.285 e. The summed E-state index contributed by atoms with van der Waals surface area (Å²) >= 11 is 1.66. The van der Waals surface area contributed by atoms with Crippen LogP contribution in [-0.2, 0) is 4.79 Å². The second-order valence-electron chi connectivity index (χ2n) is 9.08. The van der Waals surface area contributed by atoms with Gasteiger partial charge in [-0.3, -0.25) is 4.79 Å². The van der Waals surface area contributed by atoms with Crippen molar-refractivity contribution in [1.82, 2.24) is 9.97 Å². The van der Waals surface area contributed by atoms with Crippen molar-refractivity contribution in [3.05, 3.63) is 108 Å². The molecule has 6 rings (SSSR count). The molecule has 1 aromatic heterocycles. The third-order valence-electron chi connectivity index (χ3n) is 6.52. The Bertz CT molecular complexity index is 1770. The van der Waals surface area contributed by atoms with Crippen LogP contribution in [0.25, 0.3) is 17.1 Å². The summed E-state index contributed by atoms with van der Waals surface area (Å²) in [7, 11) is 4.64. The highest BCUT2D eigenvalue weighted by molar-refractivity contribution is 7.99. The molecule has 1 amide bonds. The van der Waals surface area contributed by atoms with Crippen LogP contribution in [-0.4, -0.2) is 43.0 Å². The van der Waals surface area contributed by atoms with Crippen LogP contribution in [0.4, 0.5) is 5.95 Å². The summed E-state index contributed by atoms with van der Waals surface area (Å²) in [5, 5.41) is 0. The van der Waals surface area contributed by atoms with Gasteiger partial charge in [0, 0.05) is 15.4 Å². The quantitative estimate of drug-likeness (QED) is 0.215. The molecule has 41 heavy (non-hydrogen) atoms. The zero-order chi connectivity index (χ0) is 28.3. The number of methoxy groups -OCH3 is 3. The molecule has 0 atom stereocenters. The summed E-state index contributed by atoms with van der Waals surface area (Å²) in [6, 6.07) is 29.3. The number of rotatable bonds is 8. The van der Waals surface area contributed by atoms with Crippen molar-refractivity contribution in [2.24, 2.45) is 4.99 Å². The molecule has 1 aliphatic heterocycles. The first-order chi connectivity index (χ1) is 20.1. The topological polar surface area (TPSA) is 89.0 Å². The first-order valence-electron chi connectivity index (χ1n) is 12.8. The van der Waals surface area contributed by atoms with Crippen LogP contribution in [0, 0.1) is 0 Å². The number of amides is 1. The molecule has 0 bridgehead atoms. The summed E-state index contributed by atoms with van der Waals surface area (Å²) in [5.41, 5.74) is 3.28. The van der Waals surface area contributed by atoms with E-state index >= 15 is 0 Å². The average molecular weight is 563 g/mol. The lowest BCUT2D eigenvalue weighted by Crippen LogP contribution is -2.33. The number of H-pyrrole nitrogens is 1. The number of imidazole rings is 1. The molecule has 0 radical (unpaired) electrons. The maximum Gasteiger partial charge on any atom is 0.285 e. The van der Waals surface area contributed by atoms with Crippen LogP contribution in [0.5, 0.6) is 17.2 Å². The molecule has 4 aromatic carbocycles. The molecule has 0 aliphatic carbocycles. The number of carbonyl (C=O) groups excluding carboxylic acids is 1. The molecule has 0 saturated carbocycles. The summed E-state index contributed by atoms with van der Waals surface area (Å²) in [6.45, 7) is 0. The first kappa shape index (κ1) is 26.2. The highest BCUT2D eigenvalue weighted by Gasteiger charge is 2.34. The van der Waals surface area contributed by atoms with Crippen LogP contribution in [0.3, 0.4) is 0 Å². The van der Waals surface area contributed by atoms with Crippen molar-refractivity contribution in [3.63, 3.8) is 0 Å². The Kier molecular flexibility index (Phi) is 7.18. The van der Waals surface area contributed by atoms with Crippen LogP contribution < -0.4 is 19.1 Å². The molecule has 0 unspecified atom stereocenters. The Balaban J connectivity index is 1.40. The van der Waals surface area contributed by atoms with Crippen molar-refractivity contribution in [1.29, 1.82) is 0 Å². The van der Waals surface area contributed by atoms with Gasteiger partial charge in [-0.25, -0.2) is 14.9 Å². The number of benzene rings is 4. The van der Waals surface area contributed by atoms with Crippen LogP contribution in [0.2, 0.25) is 0 Å². The number of aromatic nitrogens is 2. The second kappa shape index (κ2) is 11.2. The molecule has 0 spiro atoms. The van der Waals surface area contributed by atoms with E-state index in [1.165, 1.54) is 4.90 Å². The zero-order valence-electron chi connectivity index (χ0n) is 22.6. The van der Waals surface area contributed by atoms with Gasteiger partial charge in [-0.05, 0) is 54.1 Å². The highest BCUT2D eigenvalue weighted by atomic mass is 32.2. The maximum absolute atomic E-state index is 13.9. The first-order valence-corrected chi connectivity index (χ1v) is 13.6. The minimum absolute atomic E-state index is 0.249. The van der Waals surface area contributed by atoms with Crippen molar-refractivity contribution in [3.8, 4) is 17.2 Å². The van der Waals surface area contributed by atoms with Gasteiger partial charge in [-0.1, -0.05) is 60.3 Å². The van der Waals surface area contributed by atoms with E-state index in [4.69, 9.17) is 24.2 Å². The Morgan fingerprint density at radius 3 is 2.15 bits per heavy atom. The molecule has 8 nitrogen and oxygen atoms in total. The van der Waals surface area contributed by atoms with Crippen LogP contribution >= 0.6 is 11.8 Å². The molecular weight excluding hydrogens is 536 g/mol. The van der Waals surface area contributed by atoms with Gasteiger partial charge < -0.3 is 19.2 Å². The predicted molar refractivity (Wildman–Crippen MR) is 161 cm³/mol. The molecule has 5 aromatic rings. The molecule has 1 aliphatic rings. The van der Waals surface area contributed by atoms with Crippen LogP contribution in [0.1, 0.15) is 11.1 Å². The highest BCUT2D eigenvalue weighted by Crippen LogP contribution is 2.39. The molecule has 1 N–H and O–H groups in total. The Hall–Kier alpha value is -5.02. The molecule has 2 heterocycles. The molecule has 204 valence electrons. The number of carbonyl (C=O) groups is 1. The van der Waals surface area contributed by atoms with Crippen molar-refractivity contribution in [2.45, 2.75) is 9.79 Å². The Labute approximate surface area is 241 Å². The molecule has 0 saturated heterocycles. The zero-order valence-corrected chi connectivity index (χ0v) is 23.4. The Morgan fingerprint density at radius 2 is 1.49 bits per heavy atom. The van der Waals surface area contributed by atoms with Crippen molar-refractivity contribution < 1.29 is 19.0 Å². The van der Waals surface area contributed by atoms with E-state index in [-0.39, 0.29) is 11.6 Å². The van der Waals surface area contributed by atoms with Gasteiger partial charge in [0.25, 0.3) is 5.91 Å². The Morgan fingerprint density at radius 1 is 0.805 bits per heavy atom. The lowest BCUT2D eigenvalue weighted by Gasteiger charge is -2.15. The van der Waals surface area contributed by atoms with E-state index in [1.54, 1.807) is 51.3 Å². The van der Waals surface area contributed by atoms with E-state index in [1.807, 2.05) is 66.7 Å². The summed E-state index contributed by atoms with van der Waals surface area (Å²) < 4.78 is 16.4. The number of aromatic amines is 1. The van der Waals surface area contributed by atoms with Crippen molar-refractivity contribution >= 4 is 46.6 Å². The van der Waals surface area contributed by atoms with Gasteiger partial charge >= 0.3 is 0 Å². The summed E-state index contributed by atoms with van der Waals surface area (Å²) in [5.74, 6) is 1.99. The third kappa shape index (κ3) is 5.15. The fourth-order valence-corrected chi connectivity index (χ4v) is 5.47. The number of ether oxygens (including phenoxy) is 3. The lowest BCUT2D eigenvalue weighted by atomic mass is 10.1. The van der Waals surface area contributed by atoms with Gasteiger partial charge in [0.2, 0.25) is 11.7 Å². The number of hydrogen-bond donors (Lipinski definition) is 1. The largest absolute Gasteiger partial charge is 0.493 e. The van der Waals surface area contributed by atoms with E-state index in [0.717, 1.165) is 26.4 Å². The van der Waals surface area contributed by atoms with Gasteiger partial charge in [-0.15, -0.1) is 0 Å². The number of nitrogens with one attached hydrogen (secondary N) is 1. The number of amidine groups is 1. The predicted octanol–water partition coefficient (Wildman–Crippen LogP) is 6.57. The van der Waals surface area contributed by atoms with Gasteiger partial charge in [-0.2, -0.15) is 0 Å². The number of fused-ring (bicyclic) bond motifs is 1. The standard InChI is InChI=1S/C32H26N4O4S/c1-38-27-17-20(18-28(39-2)29(27)40-3)16-26-31(37)36(30(33-26)21-10-6-4-7-11-21)32-34-24-15-14-23(19-25(24)35-32)41-22-12-8-5-9-13-22/h4-19H,1-3H3,(H,34,35). The average Bonchev–Trinajstić information content (AvgIpc) is 3.57. The maximum atomic E-state index is 13.9. The molecule has 9 heteroatoms. The minimum Gasteiger partial charge on any atom is -0.493 e. The van der Waals surface area contributed by atoms with E-state index in [0.29, 0.717) is 34.6 Å². The van der Waals surface area contributed by atoms with E-state index in [9.17, 15) is 4.79 Å². The second-order valence-corrected chi connectivity index (χ2v) is 10.2. The monoisotopic (exact) mass is 562 g/mol. The lowest BCUT2D eigenvalue weighted by molar-refractivity contribution is -0.113. The summed E-state index contributed by atoms with van der Waals surface area (Å²) in [4.78, 5) is 30.5. The fraction of sp³-hybridized carbons (Fsp3) is 0.0938. The number of hydrogen-bond acceptors (Lipinski definition) is 7. The van der Waals surface area contributed by atoms with Gasteiger partial charge in [0.05, 0.1) is 32.4 Å². The van der Waals surface area contributed by atoms with Crippen molar-refractivity contribution in [2.75, 3.05) is 26.2 Å². The van der Waals surface area contributed by atoms with Crippen LogP contribution in [0.15, 0.2) is 111 Å². The number of nitrogens with zero attached hydrogens (tertiary/aromatic N) is 3. The molecular formula is C32H26N4O4S. The van der Waals surface area contributed by atoms with E-state index in [2.05, 4.69) is 17.1 Å². The normalized spacial score (nSPS) is 14.0. The van der Waals surface area contributed by atoms with Gasteiger partial charge in [0.15, 0.2) is 17.3 Å². The summed E-state index contributed by atoms with van der Waals surface area (Å²) in [6.07, 6.45) is 1.70.